The molecule has 1 atom stereocenters. The summed E-state index contributed by atoms with van der Waals surface area (Å²) in [5.74, 6) is 2.99. The molecule has 0 fully saturated rings. The van der Waals surface area contributed by atoms with Gasteiger partial charge < -0.3 is 25.0 Å². The molecular formula is C26H30N4O2S2. The maximum atomic E-state index is 6.33. The number of thioether (sulfide) groups is 1. The van der Waals surface area contributed by atoms with Crippen LogP contribution in [0.3, 0.4) is 0 Å². The number of nitrogens with zero attached hydrogens (tertiary/aromatic N) is 3. The summed E-state index contributed by atoms with van der Waals surface area (Å²) in [4.78, 5) is 11.0. The van der Waals surface area contributed by atoms with E-state index >= 15 is 0 Å². The molecule has 34 heavy (non-hydrogen) atoms. The molecule has 0 aliphatic carbocycles. The van der Waals surface area contributed by atoms with Crippen molar-refractivity contribution in [3.8, 4) is 17.2 Å². The molecule has 0 saturated carbocycles. The van der Waals surface area contributed by atoms with Gasteiger partial charge in [-0.1, -0.05) is 47.8 Å². The van der Waals surface area contributed by atoms with Gasteiger partial charge in [0.2, 0.25) is 0 Å². The van der Waals surface area contributed by atoms with Crippen molar-refractivity contribution in [3.63, 3.8) is 0 Å². The van der Waals surface area contributed by atoms with E-state index in [4.69, 9.17) is 20.2 Å². The molecule has 178 valence electrons. The number of ether oxygens (including phenoxy) is 2. The molecule has 1 aromatic heterocycles. The predicted molar refractivity (Wildman–Crippen MR) is 142 cm³/mol. The molecule has 0 bridgehead atoms. The Bertz CT molecular complexity index is 1120. The minimum atomic E-state index is -0.231. The van der Waals surface area contributed by atoms with Gasteiger partial charge >= 0.3 is 0 Å². The van der Waals surface area contributed by atoms with Crippen molar-refractivity contribution in [1.82, 2.24) is 9.88 Å². The number of benzene rings is 2. The smallest absolute Gasteiger partial charge is 0.178 e. The number of aromatic nitrogens is 1. The number of hydrogen-bond acceptors (Lipinski definition) is 8. The van der Waals surface area contributed by atoms with Crippen molar-refractivity contribution < 1.29 is 9.47 Å². The SMILES string of the molecule is CC1=CSC(N)N1c1ncc(Sc2cccc(OCCCN(C)C)c2)cc1Oc1ccccc1. The third kappa shape index (κ3) is 6.48. The van der Waals surface area contributed by atoms with Crippen LogP contribution < -0.4 is 20.1 Å². The summed E-state index contributed by atoms with van der Waals surface area (Å²) in [5.41, 5.74) is 7.14. The number of pyridine rings is 1. The Morgan fingerprint density at radius 2 is 1.85 bits per heavy atom. The summed E-state index contributed by atoms with van der Waals surface area (Å²) in [5, 5.41) is 2.05. The second-order valence-electron chi connectivity index (χ2n) is 8.15. The van der Waals surface area contributed by atoms with Gasteiger partial charge in [0.1, 0.15) is 17.0 Å². The molecule has 4 rings (SSSR count). The molecule has 2 heterocycles. The van der Waals surface area contributed by atoms with Crippen LogP contribution in [0.1, 0.15) is 13.3 Å². The Morgan fingerprint density at radius 3 is 2.59 bits per heavy atom. The van der Waals surface area contributed by atoms with Crippen molar-refractivity contribution in [2.75, 3.05) is 32.1 Å². The van der Waals surface area contributed by atoms with Crippen LogP contribution in [0.2, 0.25) is 0 Å². The van der Waals surface area contributed by atoms with Crippen molar-refractivity contribution in [3.05, 3.63) is 78.0 Å². The minimum Gasteiger partial charge on any atom is -0.494 e. The first-order valence-corrected chi connectivity index (χ1v) is 12.9. The number of rotatable bonds is 10. The highest BCUT2D eigenvalue weighted by molar-refractivity contribution is 8.03. The van der Waals surface area contributed by atoms with Crippen LogP contribution in [-0.4, -0.2) is 42.6 Å². The molecule has 2 N–H and O–H groups in total. The van der Waals surface area contributed by atoms with Crippen molar-refractivity contribution in [1.29, 1.82) is 0 Å². The maximum Gasteiger partial charge on any atom is 0.178 e. The van der Waals surface area contributed by atoms with Gasteiger partial charge in [0, 0.05) is 34.3 Å². The lowest BCUT2D eigenvalue weighted by Gasteiger charge is -2.26. The average Bonchev–Trinajstić information content (AvgIpc) is 3.16. The zero-order valence-electron chi connectivity index (χ0n) is 19.7. The Labute approximate surface area is 210 Å². The van der Waals surface area contributed by atoms with Crippen molar-refractivity contribution >= 4 is 29.3 Å². The molecule has 0 radical (unpaired) electrons. The van der Waals surface area contributed by atoms with E-state index in [-0.39, 0.29) is 5.50 Å². The number of anilines is 1. The van der Waals surface area contributed by atoms with Crippen LogP contribution in [0, 0.1) is 0 Å². The summed E-state index contributed by atoms with van der Waals surface area (Å²) in [6, 6.07) is 19.9. The summed E-state index contributed by atoms with van der Waals surface area (Å²) >= 11 is 3.19. The summed E-state index contributed by atoms with van der Waals surface area (Å²) in [7, 11) is 4.14. The highest BCUT2D eigenvalue weighted by Crippen LogP contribution is 2.41. The van der Waals surface area contributed by atoms with Gasteiger partial charge in [-0.2, -0.15) is 0 Å². The lowest BCUT2D eigenvalue weighted by atomic mass is 10.3. The topological polar surface area (TPSA) is 63.8 Å². The highest BCUT2D eigenvalue weighted by Gasteiger charge is 2.27. The third-order valence-electron chi connectivity index (χ3n) is 5.08. The van der Waals surface area contributed by atoms with Gasteiger partial charge in [-0.15, -0.1) is 0 Å². The minimum absolute atomic E-state index is 0.231. The zero-order valence-corrected chi connectivity index (χ0v) is 21.3. The summed E-state index contributed by atoms with van der Waals surface area (Å²) in [6.07, 6.45) is 2.85. The van der Waals surface area contributed by atoms with Gasteiger partial charge in [0.05, 0.1) is 6.61 Å². The molecule has 6 nitrogen and oxygen atoms in total. The van der Waals surface area contributed by atoms with E-state index in [1.54, 1.807) is 23.5 Å². The summed E-state index contributed by atoms with van der Waals surface area (Å²) < 4.78 is 12.2. The first-order chi connectivity index (χ1) is 16.5. The van der Waals surface area contributed by atoms with Gasteiger partial charge in [0.15, 0.2) is 11.6 Å². The largest absolute Gasteiger partial charge is 0.494 e. The van der Waals surface area contributed by atoms with Crippen LogP contribution in [-0.2, 0) is 0 Å². The maximum absolute atomic E-state index is 6.33. The van der Waals surface area contributed by atoms with E-state index in [0.29, 0.717) is 18.2 Å². The van der Waals surface area contributed by atoms with Gasteiger partial charge in [-0.25, -0.2) is 4.98 Å². The van der Waals surface area contributed by atoms with E-state index in [0.717, 1.165) is 40.0 Å². The highest BCUT2D eigenvalue weighted by atomic mass is 32.2. The molecule has 0 saturated heterocycles. The Balaban J connectivity index is 1.54. The zero-order chi connectivity index (χ0) is 23.9. The number of para-hydroxylation sites is 1. The molecule has 1 aliphatic rings. The molecule has 1 aliphatic heterocycles. The molecule has 0 spiro atoms. The standard InChI is InChI=1S/C26H30N4O2S2/c1-19-18-33-26(27)30(19)25-24(32-20-9-5-4-6-10-20)16-23(17-28-25)34-22-12-7-11-21(15-22)31-14-8-13-29(2)3/h4-7,9-12,15-18,26H,8,13-14,27H2,1-3H3. The van der Waals surface area contributed by atoms with Gasteiger partial charge in [-0.3, -0.25) is 0 Å². The van der Waals surface area contributed by atoms with Crippen LogP contribution >= 0.6 is 23.5 Å². The molecule has 3 aromatic rings. The molecule has 1 unspecified atom stereocenters. The number of nitrogens with two attached hydrogens (primary N) is 1. The lowest BCUT2D eigenvalue weighted by molar-refractivity contribution is 0.281. The predicted octanol–water partition coefficient (Wildman–Crippen LogP) is 6.01. The van der Waals surface area contributed by atoms with E-state index in [2.05, 4.69) is 31.1 Å². The third-order valence-corrected chi connectivity index (χ3v) is 6.99. The van der Waals surface area contributed by atoms with Crippen molar-refractivity contribution in [2.45, 2.75) is 28.6 Å². The van der Waals surface area contributed by atoms with Crippen LogP contribution in [0.15, 0.2) is 87.8 Å². The first kappa shape index (κ1) is 24.5. The number of hydrogen-bond donors (Lipinski definition) is 1. The fourth-order valence-electron chi connectivity index (χ4n) is 3.46. The molecule has 0 amide bonds. The lowest BCUT2D eigenvalue weighted by Crippen LogP contribution is -2.35. The quantitative estimate of drug-likeness (QED) is 0.344. The van der Waals surface area contributed by atoms with Crippen LogP contribution in [0.5, 0.6) is 17.2 Å². The second kappa shape index (κ2) is 11.7. The van der Waals surface area contributed by atoms with E-state index in [1.807, 2.05) is 72.0 Å². The summed E-state index contributed by atoms with van der Waals surface area (Å²) in [6.45, 7) is 3.73. The van der Waals surface area contributed by atoms with Gasteiger partial charge in [-0.05, 0) is 63.2 Å². The first-order valence-electron chi connectivity index (χ1n) is 11.1. The van der Waals surface area contributed by atoms with E-state index in [1.165, 1.54) is 0 Å². The molecule has 2 aromatic carbocycles. The Morgan fingerprint density at radius 1 is 1.06 bits per heavy atom. The van der Waals surface area contributed by atoms with Crippen LogP contribution in [0.4, 0.5) is 5.82 Å². The Hall–Kier alpha value is -2.65. The van der Waals surface area contributed by atoms with Crippen molar-refractivity contribution in [2.24, 2.45) is 5.73 Å². The second-order valence-corrected chi connectivity index (χ2v) is 10.3. The normalized spacial score (nSPS) is 15.5. The Kier molecular flexibility index (Phi) is 8.39. The van der Waals surface area contributed by atoms with E-state index in [9.17, 15) is 0 Å². The van der Waals surface area contributed by atoms with E-state index < -0.39 is 0 Å². The monoisotopic (exact) mass is 494 g/mol. The van der Waals surface area contributed by atoms with Gasteiger partial charge in [0.25, 0.3) is 0 Å². The fraction of sp³-hybridized carbons (Fsp3) is 0.269. The number of allylic oxidation sites excluding steroid dienone is 1. The molecular weight excluding hydrogens is 464 g/mol. The molecule has 8 heteroatoms. The average molecular weight is 495 g/mol. The van der Waals surface area contributed by atoms with Crippen LogP contribution in [0.25, 0.3) is 0 Å². The fourth-order valence-corrected chi connectivity index (χ4v) is 5.16.